The highest BCUT2D eigenvalue weighted by Gasteiger charge is 2.42. The van der Waals surface area contributed by atoms with E-state index in [2.05, 4.69) is 10.3 Å². The fraction of sp³-hybridized carbons (Fsp3) is 0.545. The van der Waals surface area contributed by atoms with Gasteiger partial charge in [-0.2, -0.15) is 0 Å². The van der Waals surface area contributed by atoms with E-state index in [-0.39, 0.29) is 24.5 Å². The van der Waals surface area contributed by atoms with Crippen LogP contribution in [-0.2, 0) is 13.0 Å². The Morgan fingerprint density at radius 1 is 1.14 bits per heavy atom. The fourth-order valence-corrected chi connectivity index (χ4v) is 4.28. The van der Waals surface area contributed by atoms with Gasteiger partial charge in [0.1, 0.15) is 11.6 Å². The zero-order valence-electron chi connectivity index (χ0n) is 16.3. The summed E-state index contributed by atoms with van der Waals surface area (Å²) < 4.78 is 5.21. The standard InChI is InChI=1S/C22H29N3O3/c1-28-17-6-2-14(3-7-17)12-24-20-11-21(27)19(13-26)18(20)10-16-8-9-23-22(25-16)15-4-5-15/h2-3,6-9,15,18-21,24,26-27H,4-5,10-13H2,1H3. The van der Waals surface area contributed by atoms with Crippen LogP contribution in [0.15, 0.2) is 36.5 Å². The monoisotopic (exact) mass is 383 g/mol. The van der Waals surface area contributed by atoms with Crippen LogP contribution >= 0.6 is 0 Å². The van der Waals surface area contributed by atoms with E-state index >= 15 is 0 Å². The highest BCUT2D eigenvalue weighted by atomic mass is 16.5. The lowest BCUT2D eigenvalue weighted by molar-refractivity contribution is 0.0716. The summed E-state index contributed by atoms with van der Waals surface area (Å²) in [5, 5.41) is 23.9. The quantitative estimate of drug-likeness (QED) is 0.647. The molecule has 2 aliphatic carbocycles. The third kappa shape index (κ3) is 4.35. The van der Waals surface area contributed by atoms with Crippen molar-refractivity contribution < 1.29 is 14.9 Å². The van der Waals surface area contributed by atoms with Crippen LogP contribution in [0.2, 0.25) is 0 Å². The molecule has 1 heterocycles. The average molecular weight is 383 g/mol. The van der Waals surface area contributed by atoms with Gasteiger partial charge in [-0.3, -0.25) is 0 Å². The lowest BCUT2D eigenvalue weighted by Crippen LogP contribution is -2.36. The van der Waals surface area contributed by atoms with E-state index in [1.54, 1.807) is 7.11 Å². The molecule has 150 valence electrons. The average Bonchev–Trinajstić information content (AvgIpc) is 3.53. The maximum absolute atomic E-state index is 10.5. The second kappa shape index (κ2) is 8.55. The van der Waals surface area contributed by atoms with Crippen LogP contribution in [-0.4, -0.2) is 46.0 Å². The smallest absolute Gasteiger partial charge is 0.131 e. The number of benzene rings is 1. The Kier molecular flexibility index (Phi) is 5.90. The number of rotatable bonds is 8. The van der Waals surface area contributed by atoms with Gasteiger partial charge in [0.15, 0.2) is 0 Å². The lowest BCUT2D eigenvalue weighted by Gasteiger charge is -2.25. The second-order valence-corrected chi connectivity index (χ2v) is 8.03. The third-order valence-corrected chi connectivity index (χ3v) is 6.11. The molecule has 4 rings (SSSR count). The van der Waals surface area contributed by atoms with Crippen molar-refractivity contribution in [2.75, 3.05) is 13.7 Å². The molecule has 2 saturated carbocycles. The number of methoxy groups -OCH3 is 1. The summed E-state index contributed by atoms with van der Waals surface area (Å²) >= 11 is 0. The van der Waals surface area contributed by atoms with Crippen molar-refractivity contribution in [1.29, 1.82) is 0 Å². The molecule has 2 aromatic rings. The fourth-order valence-electron chi connectivity index (χ4n) is 4.28. The summed E-state index contributed by atoms with van der Waals surface area (Å²) in [6.07, 6.45) is 5.09. The minimum absolute atomic E-state index is 0.00683. The van der Waals surface area contributed by atoms with Crippen molar-refractivity contribution >= 4 is 0 Å². The minimum atomic E-state index is -0.492. The van der Waals surface area contributed by atoms with Crippen LogP contribution in [0.3, 0.4) is 0 Å². The zero-order chi connectivity index (χ0) is 19.5. The summed E-state index contributed by atoms with van der Waals surface area (Å²) in [6, 6.07) is 10.1. The first-order valence-corrected chi connectivity index (χ1v) is 10.1. The van der Waals surface area contributed by atoms with Crippen molar-refractivity contribution in [1.82, 2.24) is 15.3 Å². The van der Waals surface area contributed by atoms with Gasteiger partial charge in [0.2, 0.25) is 0 Å². The molecule has 4 atom stereocenters. The van der Waals surface area contributed by atoms with Crippen LogP contribution in [0.1, 0.15) is 42.3 Å². The molecule has 6 nitrogen and oxygen atoms in total. The summed E-state index contributed by atoms with van der Waals surface area (Å²) in [5.41, 5.74) is 2.17. The lowest BCUT2D eigenvalue weighted by atomic mass is 9.88. The molecular weight excluding hydrogens is 354 g/mol. The second-order valence-electron chi connectivity index (χ2n) is 8.03. The highest BCUT2D eigenvalue weighted by Crippen LogP contribution is 2.39. The Hall–Kier alpha value is -2.02. The number of hydrogen-bond donors (Lipinski definition) is 3. The number of nitrogens with one attached hydrogen (secondary N) is 1. The molecule has 6 heteroatoms. The Bertz CT molecular complexity index is 779. The maximum atomic E-state index is 10.5. The Morgan fingerprint density at radius 2 is 1.93 bits per heavy atom. The molecular formula is C22H29N3O3. The van der Waals surface area contributed by atoms with Gasteiger partial charge in [-0.05, 0) is 55.4 Å². The molecule has 2 aliphatic rings. The molecule has 3 N–H and O–H groups in total. The molecule has 0 spiro atoms. The van der Waals surface area contributed by atoms with Crippen LogP contribution < -0.4 is 10.1 Å². The van der Waals surface area contributed by atoms with E-state index in [0.717, 1.165) is 23.7 Å². The van der Waals surface area contributed by atoms with Gasteiger partial charge in [-0.1, -0.05) is 12.1 Å². The molecule has 1 aromatic heterocycles. The van der Waals surface area contributed by atoms with Gasteiger partial charge in [-0.15, -0.1) is 0 Å². The molecule has 2 fully saturated rings. The van der Waals surface area contributed by atoms with Crippen molar-refractivity contribution in [3.63, 3.8) is 0 Å². The first-order valence-electron chi connectivity index (χ1n) is 10.1. The van der Waals surface area contributed by atoms with Crippen molar-refractivity contribution in [2.24, 2.45) is 11.8 Å². The SMILES string of the molecule is COc1ccc(CNC2CC(O)C(CO)C2Cc2ccnc(C3CC3)n2)cc1. The first-order chi connectivity index (χ1) is 13.7. The van der Waals surface area contributed by atoms with E-state index in [1.807, 2.05) is 36.5 Å². The van der Waals surface area contributed by atoms with Gasteiger partial charge in [0, 0.05) is 42.9 Å². The number of ether oxygens (including phenoxy) is 1. The van der Waals surface area contributed by atoms with Gasteiger partial charge < -0.3 is 20.3 Å². The van der Waals surface area contributed by atoms with Gasteiger partial charge in [0.05, 0.1) is 13.2 Å². The number of aromatic nitrogens is 2. The number of nitrogens with zero attached hydrogens (tertiary/aromatic N) is 2. The van der Waals surface area contributed by atoms with Gasteiger partial charge in [-0.25, -0.2) is 9.97 Å². The van der Waals surface area contributed by atoms with Crippen molar-refractivity contribution in [2.45, 2.75) is 50.3 Å². The molecule has 0 amide bonds. The first kappa shape index (κ1) is 19.3. The summed E-state index contributed by atoms with van der Waals surface area (Å²) in [5.74, 6) is 2.31. The number of hydrogen-bond acceptors (Lipinski definition) is 6. The van der Waals surface area contributed by atoms with Crippen LogP contribution in [0.4, 0.5) is 0 Å². The van der Waals surface area contributed by atoms with Crippen LogP contribution in [0, 0.1) is 11.8 Å². The van der Waals surface area contributed by atoms with Crippen LogP contribution in [0.5, 0.6) is 5.75 Å². The largest absolute Gasteiger partial charge is 0.497 e. The molecule has 28 heavy (non-hydrogen) atoms. The molecule has 0 saturated heterocycles. The maximum Gasteiger partial charge on any atom is 0.131 e. The van der Waals surface area contributed by atoms with Crippen molar-refractivity contribution in [3.8, 4) is 5.75 Å². The van der Waals surface area contributed by atoms with Crippen LogP contribution in [0.25, 0.3) is 0 Å². The van der Waals surface area contributed by atoms with Gasteiger partial charge in [0.25, 0.3) is 0 Å². The topological polar surface area (TPSA) is 87.5 Å². The van der Waals surface area contributed by atoms with Gasteiger partial charge >= 0.3 is 0 Å². The number of aliphatic hydroxyl groups is 2. The molecule has 0 bridgehead atoms. The van der Waals surface area contributed by atoms with E-state index in [4.69, 9.17) is 9.72 Å². The van der Waals surface area contributed by atoms with E-state index in [0.29, 0.717) is 18.9 Å². The molecule has 1 aromatic carbocycles. The Labute approximate surface area is 166 Å². The summed E-state index contributed by atoms with van der Waals surface area (Å²) in [7, 11) is 1.66. The van der Waals surface area contributed by atoms with E-state index < -0.39 is 6.10 Å². The predicted octanol–water partition coefficient (Wildman–Crippen LogP) is 2.05. The predicted molar refractivity (Wildman–Crippen MR) is 106 cm³/mol. The van der Waals surface area contributed by atoms with Crippen molar-refractivity contribution in [3.05, 3.63) is 53.6 Å². The Morgan fingerprint density at radius 3 is 2.61 bits per heavy atom. The minimum Gasteiger partial charge on any atom is -0.497 e. The summed E-state index contributed by atoms with van der Waals surface area (Å²) in [4.78, 5) is 9.15. The van der Waals surface area contributed by atoms with E-state index in [1.165, 1.54) is 18.4 Å². The normalized spacial score (nSPS) is 27.1. The molecule has 0 radical (unpaired) electrons. The Balaban J connectivity index is 1.44. The molecule has 4 unspecified atom stereocenters. The summed E-state index contributed by atoms with van der Waals surface area (Å²) in [6.45, 7) is 0.709. The zero-order valence-corrected chi connectivity index (χ0v) is 16.3. The number of aliphatic hydroxyl groups excluding tert-OH is 2. The molecule has 0 aliphatic heterocycles. The van der Waals surface area contributed by atoms with E-state index in [9.17, 15) is 10.2 Å². The third-order valence-electron chi connectivity index (χ3n) is 6.11. The highest BCUT2D eigenvalue weighted by molar-refractivity contribution is 5.27.